The van der Waals surface area contributed by atoms with Gasteiger partial charge in [0.2, 0.25) is 10.0 Å². The van der Waals surface area contributed by atoms with Crippen LogP contribution in [0.4, 0.5) is 10.1 Å². The minimum atomic E-state index is -3.62. The SMILES string of the molecule is CNC(=O)c1c(-c2ccc(F)cc2)oc2cc(N(CCCC#N)S(C)(=O)=O)c(C3CC3)cc12. The van der Waals surface area contributed by atoms with E-state index >= 15 is 0 Å². The zero-order chi connectivity index (χ0) is 23.8. The third-order valence-corrected chi connectivity index (χ3v) is 6.91. The van der Waals surface area contributed by atoms with Crippen molar-refractivity contribution >= 4 is 32.6 Å². The van der Waals surface area contributed by atoms with Crippen LogP contribution in [-0.4, -0.2) is 34.2 Å². The fraction of sp³-hybridized carbons (Fsp3) is 0.333. The van der Waals surface area contributed by atoms with Crippen LogP contribution in [0.2, 0.25) is 0 Å². The molecule has 1 aromatic heterocycles. The van der Waals surface area contributed by atoms with Gasteiger partial charge in [-0.1, -0.05) is 0 Å². The van der Waals surface area contributed by atoms with Gasteiger partial charge in [0.1, 0.15) is 17.2 Å². The van der Waals surface area contributed by atoms with E-state index in [2.05, 4.69) is 5.32 Å². The summed E-state index contributed by atoms with van der Waals surface area (Å²) >= 11 is 0. The quantitative estimate of drug-likeness (QED) is 0.488. The normalized spacial score (nSPS) is 13.6. The van der Waals surface area contributed by atoms with Crippen molar-refractivity contribution in [3.63, 3.8) is 0 Å². The van der Waals surface area contributed by atoms with Gasteiger partial charge in [0.05, 0.1) is 23.6 Å². The molecule has 33 heavy (non-hydrogen) atoms. The second kappa shape index (κ2) is 8.87. The molecule has 3 aromatic rings. The number of anilines is 1. The van der Waals surface area contributed by atoms with Gasteiger partial charge in [-0.3, -0.25) is 9.10 Å². The Morgan fingerprint density at radius 2 is 1.97 bits per heavy atom. The van der Waals surface area contributed by atoms with Gasteiger partial charge in [-0.25, -0.2) is 12.8 Å². The van der Waals surface area contributed by atoms with Crippen LogP contribution in [0.5, 0.6) is 0 Å². The number of amides is 1. The molecular formula is C24H24FN3O4S. The number of fused-ring (bicyclic) bond motifs is 1. The van der Waals surface area contributed by atoms with E-state index in [-0.39, 0.29) is 24.8 Å². The second-order valence-electron chi connectivity index (χ2n) is 8.17. The zero-order valence-corrected chi connectivity index (χ0v) is 19.2. The van der Waals surface area contributed by atoms with Gasteiger partial charge >= 0.3 is 0 Å². The lowest BCUT2D eigenvalue weighted by Gasteiger charge is -2.25. The first-order valence-electron chi connectivity index (χ1n) is 10.7. The van der Waals surface area contributed by atoms with Gasteiger partial charge in [0.15, 0.2) is 0 Å². The molecule has 0 spiro atoms. The summed E-state index contributed by atoms with van der Waals surface area (Å²) in [5, 5.41) is 12.1. The lowest BCUT2D eigenvalue weighted by Crippen LogP contribution is -2.31. The highest BCUT2D eigenvalue weighted by Crippen LogP contribution is 2.48. The summed E-state index contributed by atoms with van der Waals surface area (Å²) in [6.07, 6.45) is 3.62. The van der Waals surface area contributed by atoms with Gasteiger partial charge < -0.3 is 9.73 Å². The summed E-state index contributed by atoms with van der Waals surface area (Å²) < 4.78 is 46.2. The molecule has 2 aromatic carbocycles. The smallest absolute Gasteiger partial charge is 0.255 e. The summed E-state index contributed by atoms with van der Waals surface area (Å²) in [6, 6.07) is 11.2. The molecule has 7 nitrogen and oxygen atoms in total. The van der Waals surface area contributed by atoms with Crippen LogP contribution < -0.4 is 9.62 Å². The van der Waals surface area contributed by atoms with Crippen molar-refractivity contribution < 1.29 is 22.0 Å². The molecule has 0 unspecified atom stereocenters. The third-order valence-electron chi connectivity index (χ3n) is 5.73. The average Bonchev–Trinajstić information content (AvgIpc) is 3.55. The van der Waals surface area contributed by atoms with Crippen molar-refractivity contribution in [2.75, 3.05) is 24.2 Å². The molecule has 1 fully saturated rings. The lowest BCUT2D eigenvalue weighted by atomic mass is 10.0. The maximum absolute atomic E-state index is 13.5. The number of hydrogen-bond donors (Lipinski definition) is 1. The molecule has 1 amide bonds. The Bertz CT molecular complexity index is 1350. The molecule has 1 heterocycles. The topological polar surface area (TPSA) is 103 Å². The Hall–Kier alpha value is -3.38. The monoisotopic (exact) mass is 469 g/mol. The van der Waals surface area contributed by atoms with E-state index < -0.39 is 15.8 Å². The van der Waals surface area contributed by atoms with E-state index in [9.17, 15) is 17.6 Å². The van der Waals surface area contributed by atoms with Gasteiger partial charge in [0.25, 0.3) is 5.91 Å². The maximum Gasteiger partial charge on any atom is 0.255 e. The molecule has 0 bridgehead atoms. The van der Waals surface area contributed by atoms with E-state index in [1.165, 1.54) is 35.6 Å². The molecule has 4 rings (SSSR count). The fourth-order valence-corrected chi connectivity index (χ4v) is 4.98. The molecule has 1 saturated carbocycles. The number of halogens is 1. The lowest BCUT2D eigenvalue weighted by molar-refractivity contribution is 0.0964. The molecule has 1 N–H and O–H groups in total. The number of rotatable bonds is 8. The van der Waals surface area contributed by atoms with Crippen molar-refractivity contribution in [1.29, 1.82) is 5.26 Å². The number of carbonyl (C=O) groups is 1. The minimum absolute atomic E-state index is 0.172. The molecule has 0 aliphatic heterocycles. The largest absolute Gasteiger partial charge is 0.455 e. The molecule has 1 aliphatic carbocycles. The number of hydrogen-bond acceptors (Lipinski definition) is 5. The predicted molar refractivity (Wildman–Crippen MR) is 124 cm³/mol. The van der Waals surface area contributed by atoms with Gasteiger partial charge in [-0.15, -0.1) is 0 Å². The van der Waals surface area contributed by atoms with E-state index in [4.69, 9.17) is 9.68 Å². The van der Waals surface area contributed by atoms with E-state index in [1.54, 1.807) is 6.07 Å². The van der Waals surface area contributed by atoms with Crippen LogP contribution >= 0.6 is 0 Å². The molecule has 9 heteroatoms. The molecule has 0 atom stereocenters. The third kappa shape index (κ3) is 4.57. The van der Waals surface area contributed by atoms with Crippen LogP contribution in [0.3, 0.4) is 0 Å². The number of nitriles is 1. The van der Waals surface area contributed by atoms with Crippen molar-refractivity contribution in [3.8, 4) is 17.4 Å². The van der Waals surface area contributed by atoms with E-state index in [0.29, 0.717) is 40.0 Å². The summed E-state index contributed by atoms with van der Waals surface area (Å²) in [5.74, 6) is -0.280. The first-order valence-corrected chi connectivity index (χ1v) is 12.5. The van der Waals surface area contributed by atoms with Crippen LogP contribution in [0.25, 0.3) is 22.3 Å². The van der Waals surface area contributed by atoms with Crippen LogP contribution in [0.1, 0.15) is 47.5 Å². The summed E-state index contributed by atoms with van der Waals surface area (Å²) in [5.41, 5.74) is 2.56. The first kappa shape index (κ1) is 22.8. The highest BCUT2D eigenvalue weighted by atomic mass is 32.2. The van der Waals surface area contributed by atoms with Gasteiger partial charge in [-0.2, -0.15) is 5.26 Å². The number of benzene rings is 2. The Labute approximate surface area is 191 Å². The zero-order valence-electron chi connectivity index (χ0n) is 18.4. The second-order valence-corrected chi connectivity index (χ2v) is 10.1. The Kier molecular flexibility index (Phi) is 6.13. The molecule has 0 saturated heterocycles. The maximum atomic E-state index is 13.5. The van der Waals surface area contributed by atoms with Gasteiger partial charge in [-0.05, 0) is 61.1 Å². The molecular weight excluding hydrogens is 445 g/mol. The fourth-order valence-electron chi connectivity index (χ4n) is 4.01. The molecule has 0 radical (unpaired) electrons. The number of nitrogens with zero attached hydrogens (tertiary/aromatic N) is 2. The number of furan rings is 1. The van der Waals surface area contributed by atoms with Crippen LogP contribution in [0, 0.1) is 17.1 Å². The van der Waals surface area contributed by atoms with E-state index in [1.807, 2.05) is 12.1 Å². The number of unbranched alkanes of at least 4 members (excludes halogenated alkanes) is 1. The minimum Gasteiger partial charge on any atom is -0.455 e. The summed E-state index contributed by atoms with van der Waals surface area (Å²) in [7, 11) is -2.10. The Balaban J connectivity index is 1.95. The number of sulfonamides is 1. The first-order chi connectivity index (χ1) is 15.7. The standard InChI is InChI=1S/C24H24FN3O4S/c1-27-24(29)22-19-13-18(15-5-6-15)20(28(33(2,30)31)12-4-3-11-26)14-21(19)32-23(22)16-7-9-17(25)10-8-16/h7-10,13-15H,3-6,12H2,1-2H3,(H,27,29). The predicted octanol–water partition coefficient (Wildman–Crippen LogP) is 4.55. The van der Waals surface area contributed by atoms with Crippen LogP contribution in [-0.2, 0) is 10.0 Å². The summed E-state index contributed by atoms with van der Waals surface area (Å²) in [6.45, 7) is 0.172. The Morgan fingerprint density at radius 3 is 2.55 bits per heavy atom. The Morgan fingerprint density at radius 1 is 1.27 bits per heavy atom. The average molecular weight is 470 g/mol. The molecule has 172 valence electrons. The van der Waals surface area contributed by atoms with Crippen molar-refractivity contribution in [1.82, 2.24) is 5.32 Å². The highest BCUT2D eigenvalue weighted by Gasteiger charge is 2.33. The van der Waals surface area contributed by atoms with Crippen LogP contribution in [0.15, 0.2) is 40.8 Å². The van der Waals surface area contributed by atoms with Crippen molar-refractivity contribution in [2.24, 2.45) is 0 Å². The number of carbonyl (C=O) groups excluding carboxylic acids is 1. The number of nitrogens with one attached hydrogen (secondary N) is 1. The molecule has 1 aliphatic rings. The highest BCUT2D eigenvalue weighted by molar-refractivity contribution is 7.92. The van der Waals surface area contributed by atoms with E-state index in [0.717, 1.165) is 24.7 Å². The van der Waals surface area contributed by atoms with Crippen molar-refractivity contribution in [3.05, 3.63) is 53.3 Å². The van der Waals surface area contributed by atoms with Gasteiger partial charge in [0, 0.05) is 37.0 Å². The van der Waals surface area contributed by atoms with Crippen molar-refractivity contribution in [2.45, 2.75) is 31.6 Å². The summed E-state index contributed by atoms with van der Waals surface area (Å²) in [4.78, 5) is 12.8.